The van der Waals surface area contributed by atoms with Gasteiger partial charge in [-0.15, -0.1) is 0 Å². The molecule has 1 aromatic carbocycles. The summed E-state index contributed by atoms with van der Waals surface area (Å²) in [5, 5.41) is 0. The first-order chi connectivity index (χ1) is 8.85. The van der Waals surface area contributed by atoms with Gasteiger partial charge < -0.3 is 0 Å². The van der Waals surface area contributed by atoms with Gasteiger partial charge in [0.05, 0.1) is 0 Å². The summed E-state index contributed by atoms with van der Waals surface area (Å²) in [5.41, 5.74) is 5.24. The van der Waals surface area contributed by atoms with E-state index in [4.69, 9.17) is 0 Å². The Labute approximate surface area is 109 Å². The molecule has 0 heterocycles. The molecule has 1 aliphatic rings. The van der Waals surface area contributed by atoms with Gasteiger partial charge in [-0.05, 0) is 35.1 Å². The van der Waals surface area contributed by atoms with Crippen LogP contribution >= 0.6 is 0 Å². The van der Waals surface area contributed by atoms with E-state index in [1.807, 2.05) is 18.2 Å². The monoisotopic (exact) mass is 234 g/mol. The average molecular weight is 234 g/mol. The summed E-state index contributed by atoms with van der Waals surface area (Å²) in [5.74, 6) is 0. The van der Waals surface area contributed by atoms with E-state index in [0.29, 0.717) is 0 Å². The Morgan fingerprint density at radius 3 is 2.33 bits per heavy atom. The molecular formula is C18H18. The fourth-order valence-electron chi connectivity index (χ4n) is 2.20. The highest BCUT2D eigenvalue weighted by atomic mass is 14.1. The van der Waals surface area contributed by atoms with Crippen LogP contribution in [-0.4, -0.2) is 0 Å². The van der Waals surface area contributed by atoms with E-state index in [9.17, 15) is 0 Å². The van der Waals surface area contributed by atoms with Gasteiger partial charge in [-0.3, -0.25) is 0 Å². The predicted molar refractivity (Wildman–Crippen MR) is 80.2 cm³/mol. The SMILES string of the molecule is C=C/C=C(\C=C)C1=CC=C(c2ccccc2)CC1. The zero-order valence-electron chi connectivity index (χ0n) is 10.6. The number of hydrogen-bond donors (Lipinski definition) is 0. The van der Waals surface area contributed by atoms with Gasteiger partial charge in [0.25, 0.3) is 0 Å². The Bertz CT molecular complexity index is 524. The van der Waals surface area contributed by atoms with Crippen LogP contribution in [0.25, 0.3) is 5.57 Å². The molecule has 0 nitrogen and oxygen atoms in total. The van der Waals surface area contributed by atoms with Gasteiger partial charge >= 0.3 is 0 Å². The third kappa shape index (κ3) is 2.78. The standard InChI is InChI=1S/C18H18/c1-3-8-15(4-2)17-11-13-18(14-12-17)16-9-6-5-7-10-16/h3-11,13H,1-2,12,14H2/b15-8+. The minimum Gasteiger partial charge on any atom is -0.0990 e. The summed E-state index contributed by atoms with van der Waals surface area (Å²) in [4.78, 5) is 0. The predicted octanol–water partition coefficient (Wildman–Crippen LogP) is 5.09. The van der Waals surface area contributed by atoms with Gasteiger partial charge in [-0.25, -0.2) is 0 Å². The highest BCUT2D eigenvalue weighted by molar-refractivity contribution is 5.69. The summed E-state index contributed by atoms with van der Waals surface area (Å²) in [6.07, 6.45) is 12.3. The van der Waals surface area contributed by atoms with Gasteiger partial charge in [-0.1, -0.05) is 73.9 Å². The molecule has 0 atom stereocenters. The van der Waals surface area contributed by atoms with Crippen LogP contribution in [-0.2, 0) is 0 Å². The summed E-state index contributed by atoms with van der Waals surface area (Å²) in [6, 6.07) is 10.6. The number of rotatable bonds is 4. The van der Waals surface area contributed by atoms with Crippen LogP contribution in [0.15, 0.2) is 85.0 Å². The Kier molecular flexibility index (Phi) is 4.14. The largest absolute Gasteiger partial charge is 0.0990 e. The summed E-state index contributed by atoms with van der Waals surface area (Å²) in [6.45, 7) is 7.59. The molecule has 0 heteroatoms. The lowest BCUT2D eigenvalue weighted by Gasteiger charge is -2.15. The van der Waals surface area contributed by atoms with Crippen LogP contribution in [0.2, 0.25) is 0 Å². The normalized spacial score (nSPS) is 15.7. The molecule has 0 saturated heterocycles. The highest BCUT2D eigenvalue weighted by Gasteiger charge is 2.09. The smallest absolute Gasteiger partial charge is 0.0224 e. The first-order valence-corrected chi connectivity index (χ1v) is 6.26. The lowest BCUT2D eigenvalue weighted by molar-refractivity contribution is 0.994. The molecule has 1 aromatic rings. The van der Waals surface area contributed by atoms with Crippen molar-refractivity contribution in [2.45, 2.75) is 12.8 Å². The minimum absolute atomic E-state index is 1.06. The van der Waals surface area contributed by atoms with Crippen LogP contribution in [0.1, 0.15) is 18.4 Å². The van der Waals surface area contributed by atoms with E-state index in [1.165, 1.54) is 22.3 Å². The van der Waals surface area contributed by atoms with Crippen molar-refractivity contribution in [3.8, 4) is 0 Å². The van der Waals surface area contributed by atoms with Gasteiger partial charge in [0.2, 0.25) is 0 Å². The van der Waals surface area contributed by atoms with Crippen molar-refractivity contribution < 1.29 is 0 Å². The summed E-state index contributed by atoms with van der Waals surface area (Å²) in [7, 11) is 0. The van der Waals surface area contributed by atoms with E-state index in [0.717, 1.165) is 12.8 Å². The molecular weight excluding hydrogens is 216 g/mol. The van der Waals surface area contributed by atoms with Crippen LogP contribution in [0, 0.1) is 0 Å². The fraction of sp³-hybridized carbons (Fsp3) is 0.111. The van der Waals surface area contributed by atoms with Crippen molar-refractivity contribution in [1.82, 2.24) is 0 Å². The molecule has 1 aliphatic carbocycles. The third-order valence-corrected chi connectivity index (χ3v) is 3.18. The molecule has 90 valence electrons. The summed E-state index contributed by atoms with van der Waals surface area (Å²) >= 11 is 0. The van der Waals surface area contributed by atoms with Gasteiger partial charge in [0, 0.05) is 0 Å². The maximum atomic E-state index is 3.85. The molecule has 0 amide bonds. The third-order valence-electron chi connectivity index (χ3n) is 3.18. The topological polar surface area (TPSA) is 0 Å². The molecule has 0 bridgehead atoms. The van der Waals surface area contributed by atoms with Crippen molar-refractivity contribution in [1.29, 1.82) is 0 Å². The van der Waals surface area contributed by atoms with Crippen LogP contribution < -0.4 is 0 Å². The van der Waals surface area contributed by atoms with E-state index < -0.39 is 0 Å². The second kappa shape index (κ2) is 6.02. The second-order valence-corrected chi connectivity index (χ2v) is 4.31. The van der Waals surface area contributed by atoms with Crippen LogP contribution in [0.3, 0.4) is 0 Å². The Balaban J connectivity index is 2.25. The van der Waals surface area contributed by atoms with Crippen LogP contribution in [0.5, 0.6) is 0 Å². The van der Waals surface area contributed by atoms with Crippen molar-refractivity contribution in [2.75, 3.05) is 0 Å². The van der Waals surface area contributed by atoms with Gasteiger partial charge in [-0.2, -0.15) is 0 Å². The zero-order valence-corrected chi connectivity index (χ0v) is 10.6. The Morgan fingerprint density at radius 1 is 1.00 bits per heavy atom. The van der Waals surface area contributed by atoms with E-state index in [-0.39, 0.29) is 0 Å². The first kappa shape index (κ1) is 12.4. The quantitative estimate of drug-likeness (QED) is 0.637. The molecule has 0 saturated carbocycles. The van der Waals surface area contributed by atoms with Crippen molar-refractivity contribution in [3.63, 3.8) is 0 Å². The lowest BCUT2D eigenvalue weighted by Crippen LogP contribution is -1.95. The lowest BCUT2D eigenvalue weighted by atomic mass is 9.90. The molecule has 0 aromatic heterocycles. The van der Waals surface area contributed by atoms with Crippen molar-refractivity contribution >= 4 is 5.57 Å². The number of benzene rings is 1. The van der Waals surface area contributed by atoms with E-state index in [1.54, 1.807) is 0 Å². The van der Waals surface area contributed by atoms with Gasteiger partial charge in [0.15, 0.2) is 0 Å². The van der Waals surface area contributed by atoms with E-state index >= 15 is 0 Å². The average Bonchev–Trinajstić information content (AvgIpc) is 2.46. The molecule has 0 spiro atoms. The molecule has 0 radical (unpaired) electrons. The molecule has 0 N–H and O–H groups in total. The van der Waals surface area contributed by atoms with E-state index in [2.05, 4.69) is 55.6 Å². The Morgan fingerprint density at radius 2 is 1.78 bits per heavy atom. The molecule has 18 heavy (non-hydrogen) atoms. The maximum Gasteiger partial charge on any atom is -0.0224 e. The second-order valence-electron chi connectivity index (χ2n) is 4.31. The van der Waals surface area contributed by atoms with Crippen molar-refractivity contribution in [3.05, 3.63) is 90.6 Å². The number of allylic oxidation sites excluding steroid dienone is 8. The fourth-order valence-corrected chi connectivity index (χ4v) is 2.20. The molecule has 2 rings (SSSR count). The Hall–Kier alpha value is -2.08. The highest BCUT2D eigenvalue weighted by Crippen LogP contribution is 2.30. The summed E-state index contributed by atoms with van der Waals surface area (Å²) < 4.78 is 0. The maximum absolute atomic E-state index is 3.85. The van der Waals surface area contributed by atoms with Crippen LogP contribution in [0.4, 0.5) is 0 Å². The molecule has 0 unspecified atom stereocenters. The van der Waals surface area contributed by atoms with Crippen molar-refractivity contribution in [2.24, 2.45) is 0 Å². The zero-order chi connectivity index (χ0) is 12.8. The molecule has 0 fully saturated rings. The van der Waals surface area contributed by atoms with Gasteiger partial charge in [0.1, 0.15) is 0 Å². The molecule has 0 aliphatic heterocycles. The minimum atomic E-state index is 1.06. The number of hydrogen-bond acceptors (Lipinski definition) is 0. The first-order valence-electron chi connectivity index (χ1n) is 6.26.